The van der Waals surface area contributed by atoms with Crippen molar-refractivity contribution in [3.8, 4) is 23.7 Å². The summed E-state index contributed by atoms with van der Waals surface area (Å²) in [6, 6.07) is 0.438. The van der Waals surface area contributed by atoms with Crippen molar-refractivity contribution < 1.29 is 4.79 Å². The van der Waals surface area contributed by atoms with Gasteiger partial charge in [-0.3, -0.25) is 4.79 Å². The Morgan fingerprint density at radius 1 is 1.06 bits per heavy atom. The molecule has 0 heterocycles. The molecule has 0 aromatic rings. The summed E-state index contributed by atoms with van der Waals surface area (Å²) in [6.07, 6.45) is 0. The van der Waals surface area contributed by atoms with Crippen molar-refractivity contribution in [3.63, 3.8) is 0 Å². The molecule has 88 valence electrons. The second kappa shape index (κ2) is 8.83. The van der Waals surface area contributed by atoms with E-state index < -0.39 is 0 Å². The highest BCUT2D eigenvalue weighted by molar-refractivity contribution is 5.78. The Kier molecular flexibility index (Phi) is 8.03. The highest BCUT2D eigenvalue weighted by Crippen LogP contribution is 1.88. The summed E-state index contributed by atoms with van der Waals surface area (Å²) in [5.74, 6) is 11.1. The molecule has 0 aromatic heterocycles. The standard InChI is InChI=1S/C13H20N2O/c1-11(2)13(16)15-10-8-6-5-7-9-14-12(3)4/h11-12,14H,9-10H2,1-4H3,(H,15,16). The monoisotopic (exact) mass is 220 g/mol. The van der Waals surface area contributed by atoms with Gasteiger partial charge in [0.2, 0.25) is 5.91 Å². The Labute approximate surface area is 98.4 Å². The third-order valence-corrected chi connectivity index (χ3v) is 1.71. The average Bonchev–Trinajstić information content (AvgIpc) is 2.21. The van der Waals surface area contributed by atoms with E-state index in [4.69, 9.17) is 0 Å². The normalized spacial score (nSPS) is 9.12. The van der Waals surface area contributed by atoms with Gasteiger partial charge in [0.25, 0.3) is 0 Å². The van der Waals surface area contributed by atoms with Crippen LogP contribution in [0.4, 0.5) is 0 Å². The number of hydrogen-bond acceptors (Lipinski definition) is 2. The maximum Gasteiger partial charge on any atom is 0.223 e. The molecule has 0 saturated heterocycles. The van der Waals surface area contributed by atoms with E-state index in [0.29, 0.717) is 19.1 Å². The summed E-state index contributed by atoms with van der Waals surface area (Å²) < 4.78 is 0. The number of rotatable bonds is 4. The van der Waals surface area contributed by atoms with Gasteiger partial charge in [-0.15, -0.1) is 0 Å². The van der Waals surface area contributed by atoms with E-state index in [9.17, 15) is 4.79 Å². The minimum Gasteiger partial charge on any atom is -0.345 e. The molecule has 0 radical (unpaired) electrons. The maximum atomic E-state index is 11.1. The Bertz CT molecular complexity index is 323. The van der Waals surface area contributed by atoms with Crippen molar-refractivity contribution in [1.82, 2.24) is 10.6 Å². The van der Waals surface area contributed by atoms with Crippen molar-refractivity contribution in [2.45, 2.75) is 33.7 Å². The molecule has 16 heavy (non-hydrogen) atoms. The van der Waals surface area contributed by atoms with Crippen LogP contribution >= 0.6 is 0 Å². The molecule has 0 atom stereocenters. The summed E-state index contributed by atoms with van der Waals surface area (Å²) in [6.45, 7) is 8.83. The molecule has 0 aromatic carbocycles. The fourth-order valence-corrected chi connectivity index (χ4v) is 0.767. The Balaban J connectivity index is 3.66. The smallest absolute Gasteiger partial charge is 0.223 e. The van der Waals surface area contributed by atoms with E-state index in [0.717, 1.165) is 0 Å². The van der Waals surface area contributed by atoms with Crippen LogP contribution in [0.25, 0.3) is 0 Å². The zero-order valence-corrected chi connectivity index (χ0v) is 10.5. The zero-order chi connectivity index (χ0) is 12.4. The largest absolute Gasteiger partial charge is 0.345 e. The molecule has 2 N–H and O–H groups in total. The molecular weight excluding hydrogens is 200 g/mol. The van der Waals surface area contributed by atoms with Gasteiger partial charge in [0.1, 0.15) is 0 Å². The van der Waals surface area contributed by atoms with Gasteiger partial charge in [-0.25, -0.2) is 0 Å². The van der Waals surface area contributed by atoms with Crippen molar-refractivity contribution >= 4 is 5.91 Å². The van der Waals surface area contributed by atoms with Gasteiger partial charge in [-0.05, 0) is 25.7 Å². The molecule has 0 aliphatic carbocycles. The zero-order valence-electron chi connectivity index (χ0n) is 10.5. The Morgan fingerprint density at radius 2 is 1.62 bits per heavy atom. The first-order valence-corrected chi connectivity index (χ1v) is 5.51. The van der Waals surface area contributed by atoms with Crippen LogP contribution in [-0.2, 0) is 4.79 Å². The lowest BCUT2D eigenvalue weighted by Gasteiger charge is -2.02. The van der Waals surface area contributed by atoms with E-state index in [1.54, 1.807) is 0 Å². The minimum atomic E-state index is 0.00289. The molecular formula is C13H20N2O. The summed E-state index contributed by atoms with van der Waals surface area (Å²) in [7, 11) is 0. The van der Waals surface area contributed by atoms with E-state index >= 15 is 0 Å². The van der Waals surface area contributed by atoms with E-state index in [1.165, 1.54) is 0 Å². The summed E-state index contributed by atoms with van der Waals surface area (Å²) in [5.41, 5.74) is 0. The molecule has 1 amide bonds. The number of amides is 1. The van der Waals surface area contributed by atoms with Crippen LogP contribution in [0.15, 0.2) is 0 Å². The fourth-order valence-electron chi connectivity index (χ4n) is 0.767. The molecule has 0 saturated carbocycles. The number of carbonyl (C=O) groups excluding carboxylic acids is 1. The highest BCUT2D eigenvalue weighted by Gasteiger charge is 2.03. The van der Waals surface area contributed by atoms with Gasteiger partial charge < -0.3 is 10.6 Å². The van der Waals surface area contributed by atoms with Gasteiger partial charge >= 0.3 is 0 Å². The molecule has 3 heteroatoms. The summed E-state index contributed by atoms with van der Waals surface area (Å²) in [4.78, 5) is 11.1. The molecule has 0 aliphatic heterocycles. The van der Waals surface area contributed by atoms with Crippen LogP contribution in [0.1, 0.15) is 27.7 Å². The quantitative estimate of drug-likeness (QED) is 0.687. The second-order valence-corrected chi connectivity index (χ2v) is 4.01. The Hall–Kier alpha value is -1.45. The van der Waals surface area contributed by atoms with Gasteiger partial charge in [0, 0.05) is 12.0 Å². The van der Waals surface area contributed by atoms with Crippen LogP contribution in [0.5, 0.6) is 0 Å². The van der Waals surface area contributed by atoms with Gasteiger partial charge in [-0.1, -0.05) is 25.7 Å². The summed E-state index contributed by atoms with van der Waals surface area (Å²) in [5, 5.41) is 5.85. The molecule has 3 nitrogen and oxygen atoms in total. The maximum absolute atomic E-state index is 11.1. The second-order valence-electron chi connectivity index (χ2n) is 4.01. The third-order valence-electron chi connectivity index (χ3n) is 1.71. The van der Waals surface area contributed by atoms with Gasteiger partial charge in [0.15, 0.2) is 0 Å². The molecule has 0 spiro atoms. The van der Waals surface area contributed by atoms with Crippen LogP contribution in [0.3, 0.4) is 0 Å². The first-order chi connectivity index (χ1) is 7.54. The first kappa shape index (κ1) is 14.6. The van der Waals surface area contributed by atoms with Crippen molar-refractivity contribution in [3.05, 3.63) is 0 Å². The van der Waals surface area contributed by atoms with Gasteiger partial charge in [0.05, 0.1) is 13.1 Å². The van der Waals surface area contributed by atoms with E-state index in [-0.39, 0.29) is 11.8 Å². The van der Waals surface area contributed by atoms with Gasteiger partial charge in [-0.2, -0.15) is 0 Å². The topological polar surface area (TPSA) is 41.1 Å². The Morgan fingerprint density at radius 3 is 2.12 bits per heavy atom. The van der Waals surface area contributed by atoms with Crippen LogP contribution in [0, 0.1) is 29.6 Å². The highest BCUT2D eigenvalue weighted by atomic mass is 16.1. The van der Waals surface area contributed by atoms with Crippen LogP contribution in [0.2, 0.25) is 0 Å². The molecule has 0 aliphatic rings. The van der Waals surface area contributed by atoms with Crippen LogP contribution in [-0.4, -0.2) is 25.0 Å². The lowest BCUT2D eigenvalue weighted by atomic mass is 10.2. The van der Waals surface area contributed by atoms with E-state index in [1.807, 2.05) is 13.8 Å². The predicted octanol–water partition coefficient (Wildman–Crippen LogP) is 0.763. The number of nitrogens with one attached hydrogen (secondary N) is 2. The molecule has 0 fully saturated rings. The van der Waals surface area contributed by atoms with E-state index in [2.05, 4.69) is 48.2 Å². The number of hydrogen-bond donors (Lipinski definition) is 2. The third kappa shape index (κ3) is 9.12. The van der Waals surface area contributed by atoms with Crippen LogP contribution < -0.4 is 10.6 Å². The predicted molar refractivity (Wildman–Crippen MR) is 66.5 cm³/mol. The van der Waals surface area contributed by atoms with Crippen molar-refractivity contribution in [1.29, 1.82) is 0 Å². The van der Waals surface area contributed by atoms with Crippen molar-refractivity contribution in [2.75, 3.05) is 13.1 Å². The molecule has 0 rings (SSSR count). The molecule has 0 bridgehead atoms. The average molecular weight is 220 g/mol. The number of carbonyl (C=O) groups is 1. The minimum absolute atomic E-state index is 0.00289. The first-order valence-electron chi connectivity index (χ1n) is 5.51. The fraction of sp³-hybridized carbons (Fsp3) is 0.615. The van der Waals surface area contributed by atoms with Crippen molar-refractivity contribution in [2.24, 2.45) is 5.92 Å². The SMILES string of the molecule is CC(C)NCC#CC#CCNC(=O)C(C)C. The summed E-state index contributed by atoms with van der Waals surface area (Å²) >= 11 is 0. The lowest BCUT2D eigenvalue weighted by Crippen LogP contribution is -2.27. The lowest BCUT2D eigenvalue weighted by molar-refractivity contribution is -0.123. The molecule has 0 unspecified atom stereocenters.